The molecule has 2 fully saturated rings. The summed E-state index contributed by atoms with van der Waals surface area (Å²) in [6.07, 6.45) is 7.04. The van der Waals surface area contributed by atoms with Gasteiger partial charge in [-0.05, 0) is 75.5 Å². The summed E-state index contributed by atoms with van der Waals surface area (Å²) < 4.78 is 0. The van der Waals surface area contributed by atoms with E-state index < -0.39 is 0 Å². The van der Waals surface area contributed by atoms with Crippen molar-refractivity contribution in [2.45, 2.75) is 45.1 Å². The molecule has 4 heterocycles. The molecule has 2 aliphatic rings. The Kier molecular flexibility index (Phi) is 4.36. The second-order valence-electron chi connectivity index (χ2n) is 7.40. The second-order valence-corrected chi connectivity index (χ2v) is 7.40. The number of aromatic nitrogens is 2. The highest BCUT2D eigenvalue weighted by molar-refractivity contribution is 5.81. The SMILES string of the molecule is CC1CCN(Cc2c(C3CCNCC3)[nH]c3ncccc23)CC1. The lowest BCUT2D eigenvalue weighted by Crippen LogP contribution is -2.33. The monoisotopic (exact) mass is 312 g/mol. The van der Waals surface area contributed by atoms with Crippen LogP contribution < -0.4 is 5.32 Å². The Morgan fingerprint density at radius 3 is 2.74 bits per heavy atom. The summed E-state index contributed by atoms with van der Waals surface area (Å²) in [5, 5.41) is 4.82. The number of hydrogen-bond donors (Lipinski definition) is 2. The molecule has 2 saturated heterocycles. The minimum absolute atomic E-state index is 0.657. The summed E-state index contributed by atoms with van der Waals surface area (Å²) in [5.74, 6) is 1.55. The van der Waals surface area contributed by atoms with E-state index in [-0.39, 0.29) is 0 Å². The van der Waals surface area contributed by atoms with Crippen molar-refractivity contribution in [2.24, 2.45) is 5.92 Å². The van der Waals surface area contributed by atoms with Crippen LogP contribution in [0.25, 0.3) is 11.0 Å². The number of nitrogens with zero attached hydrogens (tertiary/aromatic N) is 2. The fourth-order valence-electron chi connectivity index (χ4n) is 4.17. The molecule has 0 amide bonds. The van der Waals surface area contributed by atoms with Crippen LogP contribution in [0, 0.1) is 5.92 Å². The summed E-state index contributed by atoms with van der Waals surface area (Å²) in [6, 6.07) is 4.31. The molecule has 0 radical (unpaired) electrons. The molecular weight excluding hydrogens is 284 g/mol. The third kappa shape index (κ3) is 3.15. The van der Waals surface area contributed by atoms with Crippen LogP contribution in [-0.4, -0.2) is 41.0 Å². The zero-order valence-electron chi connectivity index (χ0n) is 14.1. The zero-order chi connectivity index (χ0) is 15.6. The Morgan fingerprint density at radius 1 is 1.17 bits per heavy atom. The third-order valence-corrected chi connectivity index (χ3v) is 5.72. The molecule has 0 saturated carbocycles. The van der Waals surface area contributed by atoms with Gasteiger partial charge in [0, 0.05) is 29.7 Å². The van der Waals surface area contributed by atoms with Crippen molar-refractivity contribution in [3.8, 4) is 0 Å². The minimum Gasteiger partial charge on any atom is -0.343 e. The Bertz CT molecular complexity index is 648. The highest BCUT2D eigenvalue weighted by Gasteiger charge is 2.24. The molecule has 0 atom stereocenters. The Hall–Kier alpha value is -1.39. The van der Waals surface area contributed by atoms with Gasteiger partial charge in [-0.15, -0.1) is 0 Å². The molecule has 2 N–H and O–H groups in total. The Morgan fingerprint density at radius 2 is 1.96 bits per heavy atom. The number of aromatic amines is 1. The maximum absolute atomic E-state index is 4.57. The number of pyridine rings is 1. The lowest BCUT2D eigenvalue weighted by molar-refractivity contribution is 0.185. The number of hydrogen-bond acceptors (Lipinski definition) is 3. The summed E-state index contributed by atoms with van der Waals surface area (Å²) in [7, 11) is 0. The molecule has 0 unspecified atom stereocenters. The van der Waals surface area contributed by atoms with Crippen molar-refractivity contribution in [2.75, 3.05) is 26.2 Å². The van der Waals surface area contributed by atoms with E-state index in [1.54, 1.807) is 0 Å². The molecule has 4 heteroatoms. The first-order valence-electron chi connectivity index (χ1n) is 9.20. The van der Waals surface area contributed by atoms with Crippen molar-refractivity contribution >= 4 is 11.0 Å². The standard InChI is InChI=1S/C19H28N4/c1-14-6-11-23(12-7-14)13-17-16-3-2-8-21-19(16)22-18(17)15-4-9-20-10-5-15/h2-3,8,14-15,20H,4-7,9-13H2,1H3,(H,21,22). The summed E-state index contributed by atoms with van der Waals surface area (Å²) in [4.78, 5) is 10.9. The molecule has 4 rings (SSSR count). The lowest BCUT2D eigenvalue weighted by atomic mass is 9.91. The molecule has 0 bridgehead atoms. The highest BCUT2D eigenvalue weighted by atomic mass is 15.1. The molecule has 2 aliphatic heterocycles. The van der Waals surface area contributed by atoms with Crippen LogP contribution in [0.5, 0.6) is 0 Å². The normalized spacial score (nSPS) is 22.0. The summed E-state index contributed by atoms with van der Waals surface area (Å²) in [5.41, 5.74) is 4.04. The highest BCUT2D eigenvalue weighted by Crippen LogP contribution is 2.33. The minimum atomic E-state index is 0.657. The number of fused-ring (bicyclic) bond motifs is 1. The van der Waals surface area contributed by atoms with Crippen LogP contribution in [0.4, 0.5) is 0 Å². The van der Waals surface area contributed by atoms with Gasteiger partial charge in [0.05, 0.1) is 0 Å². The first-order chi connectivity index (χ1) is 11.3. The van der Waals surface area contributed by atoms with Gasteiger partial charge in [0.2, 0.25) is 0 Å². The molecule has 23 heavy (non-hydrogen) atoms. The molecule has 0 aliphatic carbocycles. The maximum atomic E-state index is 4.57. The van der Waals surface area contributed by atoms with Crippen molar-refractivity contribution in [1.82, 2.24) is 20.2 Å². The van der Waals surface area contributed by atoms with Crippen LogP contribution in [0.3, 0.4) is 0 Å². The van der Waals surface area contributed by atoms with Crippen LogP contribution in [0.15, 0.2) is 18.3 Å². The predicted molar refractivity (Wildman–Crippen MR) is 94.6 cm³/mol. The van der Waals surface area contributed by atoms with Gasteiger partial charge in [-0.1, -0.05) is 6.92 Å². The fourth-order valence-corrected chi connectivity index (χ4v) is 4.17. The van der Waals surface area contributed by atoms with Gasteiger partial charge in [-0.25, -0.2) is 4.98 Å². The number of H-pyrrole nitrogens is 1. The van der Waals surface area contributed by atoms with E-state index in [4.69, 9.17) is 0 Å². The van der Waals surface area contributed by atoms with E-state index in [2.05, 4.69) is 39.2 Å². The fraction of sp³-hybridized carbons (Fsp3) is 0.632. The largest absolute Gasteiger partial charge is 0.343 e. The Labute approximate surface area is 138 Å². The van der Waals surface area contributed by atoms with E-state index >= 15 is 0 Å². The van der Waals surface area contributed by atoms with Crippen LogP contribution in [0.2, 0.25) is 0 Å². The Balaban J connectivity index is 1.65. The van der Waals surface area contributed by atoms with Gasteiger partial charge in [-0.2, -0.15) is 0 Å². The lowest BCUT2D eigenvalue weighted by Gasteiger charge is -2.31. The number of piperidine rings is 2. The predicted octanol–water partition coefficient (Wildman–Crippen LogP) is 3.26. The topological polar surface area (TPSA) is 44.0 Å². The van der Waals surface area contributed by atoms with Gasteiger partial charge in [0.25, 0.3) is 0 Å². The number of likely N-dealkylation sites (tertiary alicyclic amines) is 1. The maximum Gasteiger partial charge on any atom is 0.137 e. The van der Waals surface area contributed by atoms with E-state index in [9.17, 15) is 0 Å². The third-order valence-electron chi connectivity index (χ3n) is 5.72. The average molecular weight is 312 g/mol. The van der Waals surface area contributed by atoms with Crippen molar-refractivity contribution < 1.29 is 0 Å². The first-order valence-corrected chi connectivity index (χ1v) is 9.20. The zero-order valence-corrected chi connectivity index (χ0v) is 14.1. The van der Waals surface area contributed by atoms with E-state index in [1.807, 2.05) is 6.20 Å². The van der Waals surface area contributed by atoms with Crippen LogP contribution in [-0.2, 0) is 6.54 Å². The first kappa shape index (κ1) is 15.2. The molecule has 124 valence electrons. The van der Waals surface area contributed by atoms with Gasteiger partial charge in [0.1, 0.15) is 5.65 Å². The molecule has 0 aromatic carbocycles. The molecular formula is C19H28N4. The quantitative estimate of drug-likeness (QED) is 0.914. The van der Waals surface area contributed by atoms with Gasteiger partial charge >= 0.3 is 0 Å². The van der Waals surface area contributed by atoms with E-state index in [0.29, 0.717) is 5.92 Å². The number of rotatable bonds is 3. The van der Waals surface area contributed by atoms with Crippen molar-refractivity contribution in [1.29, 1.82) is 0 Å². The van der Waals surface area contributed by atoms with Gasteiger partial charge < -0.3 is 10.3 Å². The molecule has 0 spiro atoms. The smallest absolute Gasteiger partial charge is 0.137 e. The summed E-state index contributed by atoms with van der Waals surface area (Å²) >= 11 is 0. The molecule has 2 aromatic rings. The van der Waals surface area contributed by atoms with Crippen LogP contribution >= 0.6 is 0 Å². The molecule has 4 nitrogen and oxygen atoms in total. The van der Waals surface area contributed by atoms with Gasteiger partial charge in [-0.3, -0.25) is 4.90 Å². The van der Waals surface area contributed by atoms with Crippen molar-refractivity contribution in [3.05, 3.63) is 29.6 Å². The molecule has 2 aromatic heterocycles. The van der Waals surface area contributed by atoms with Crippen molar-refractivity contribution in [3.63, 3.8) is 0 Å². The van der Waals surface area contributed by atoms with E-state index in [1.165, 1.54) is 55.4 Å². The van der Waals surface area contributed by atoms with Crippen LogP contribution in [0.1, 0.15) is 49.8 Å². The van der Waals surface area contributed by atoms with Gasteiger partial charge in [0.15, 0.2) is 0 Å². The number of nitrogens with one attached hydrogen (secondary N) is 2. The second kappa shape index (κ2) is 6.62. The average Bonchev–Trinajstić information content (AvgIpc) is 2.96. The summed E-state index contributed by atoms with van der Waals surface area (Å²) in [6.45, 7) is 8.20. The van der Waals surface area contributed by atoms with E-state index in [0.717, 1.165) is 31.2 Å².